The zero-order chi connectivity index (χ0) is 16.0. The van der Waals surface area contributed by atoms with Crippen molar-refractivity contribution in [3.63, 3.8) is 0 Å². The van der Waals surface area contributed by atoms with Crippen molar-refractivity contribution in [2.24, 2.45) is 0 Å². The summed E-state index contributed by atoms with van der Waals surface area (Å²) in [6.07, 6.45) is 5.09. The maximum atomic E-state index is 13.0. The molecule has 1 saturated heterocycles. The first-order valence-corrected chi connectivity index (χ1v) is 10.1. The van der Waals surface area contributed by atoms with Crippen LogP contribution >= 0.6 is 0 Å². The van der Waals surface area contributed by atoms with Crippen LogP contribution in [0.3, 0.4) is 0 Å². The Kier molecular flexibility index (Phi) is 3.76. The predicted octanol–water partition coefficient (Wildman–Crippen LogP) is 2.61. The largest absolute Gasteiger partial charge is 0.492 e. The lowest BCUT2D eigenvalue weighted by atomic mass is 10.2. The van der Waals surface area contributed by atoms with Gasteiger partial charge >= 0.3 is 0 Å². The van der Waals surface area contributed by atoms with Crippen LogP contribution in [0.15, 0.2) is 23.1 Å². The van der Waals surface area contributed by atoms with E-state index in [0.717, 1.165) is 31.5 Å². The Labute approximate surface area is 138 Å². The third-order valence-electron chi connectivity index (χ3n) is 5.13. The molecule has 0 amide bonds. The topological polar surface area (TPSA) is 49.9 Å². The van der Waals surface area contributed by atoms with Crippen molar-refractivity contribution in [2.75, 3.05) is 24.6 Å². The number of fused-ring (bicyclic) bond motifs is 1. The normalized spacial score (nSPS) is 27.9. The lowest BCUT2D eigenvalue weighted by Gasteiger charge is -2.28. The summed E-state index contributed by atoms with van der Waals surface area (Å²) in [7, 11) is -3.44. The zero-order valence-electron chi connectivity index (χ0n) is 13.6. The van der Waals surface area contributed by atoms with Crippen LogP contribution in [-0.4, -0.2) is 44.5 Å². The number of ether oxygens (including phenoxy) is 1. The average molecular weight is 336 g/mol. The van der Waals surface area contributed by atoms with Crippen LogP contribution in [0.1, 0.15) is 39.0 Å². The first kappa shape index (κ1) is 15.3. The Morgan fingerprint density at radius 2 is 1.96 bits per heavy atom. The van der Waals surface area contributed by atoms with E-state index in [1.807, 2.05) is 12.1 Å². The highest BCUT2D eigenvalue weighted by molar-refractivity contribution is 7.89. The van der Waals surface area contributed by atoms with Gasteiger partial charge in [0, 0.05) is 36.9 Å². The molecule has 2 aliphatic heterocycles. The highest BCUT2D eigenvalue weighted by Crippen LogP contribution is 2.38. The van der Waals surface area contributed by atoms with Crippen molar-refractivity contribution in [1.82, 2.24) is 4.31 Å². The molecule has 0 aromatic heterocycles. The molecule has 0 radical (unpaired) electrons. The van der Waals surface area contributed by atoms with Crippen LogP contribution in [0.4, 0.5) is 5.69 Å². The maximum absolute atomic E-state index is 13.0. The standard InChI is InChI=1S/C17H24N2O3S/c1-13-4-2-9-18(13)15-7-8-17-16(12-15)22-11-3-10-19(14-5-6-14)23(17,20)21/h7-8,12-14H,2-6,9-11H2,1H3/t13-/m0/s1. The minimum Gasteiger partial charge on any atom is -0.492 e. The Hall–Kier alpha value is -1.27. The molecule has 4 rings (SSSR count). The summed E-state index contributed by atoms with van der Waals surface area (Å²) in [5.41, 5.74) is 1.07. The summed E-state index contributed by atoms with van der Waals surface area (Å²) in [5.74, 6) is 0.520. The van der Waals surface area contributed by atoms with E-state index in [4.69, 9.17) is 4.74 Å². The van der Waals surface area contributed by atoms with E-state index in [2.05, 4.69) is 11.8 Å². The second kappa shape index (κ2) is 5.67. The molecule has 1 atom stereocenters. The van der Waals surface area contributed by atoms with Gasteiger partial charge in [0.2, 0.25) is 10.0 Å². The van der Waals surface area contributed by atoms with Gasteiger partial charge in [0.25, 0.3) is 0 Å². The number of rotatable bonds is 2. The van der Waals surface area contributed by atoms with Gasteiger partial charge in [-0.05, 0) is 51.2 Å². The summed E-state index contributed by atoms with van der Waals surface area (Å²) in [4.78, 5) is 2.67. The van der Waals surface area contributed by atoms with Gasteiger partial charge in [0.1, 0.15) is 10.6 Å². The molecule has 2 heterocycles. The lowest BCUT2D eigenvalue weighted by molar-refractivity contribution is 0.269. The van der Waals surface area contributed by atoms with Gasteiger partial charge in [-0.1, -0.05) is 0 Å². The minimum atomic E-state index is -3.44. The number of nitrogens with zero attached hydrogens (tertiary/aromatic N) is 2. The number of hydrogen-bond donors (Lipinski definition) is 0. The molecule has 1 aromatic rings. The third-order valence-corrected chi connectivity index (χ3v) is 7.12. The van der Waals surface area contributed by atoms with Gasteiger partial charge in [-0.3, -0.25) is 0 Å². The zero-order valence-corrected chi connectivity index (χ0v) is 14.4. The summed E-state index contributed by atoms with van der Waals surface area (Å²) in [5, 5.41) is 0. The van der Waals surface area contributed by atoms with Gasteiger partial charge < -0.3 is 9.64 Å². The molecule has 5 nitrogen and oxygen atoms in total. The smallest absolute Gasteiger partial charge is 0.247 e. The summed E-state index contributed by atoms with van der Waals surface area (Å²) in [6, 6.07) is 6.30. The molecular formula is C17H24N2O3S. The maximum Gasteiger partial charge on any atom is 0.247 e. The van der Waals surface area contributed by atoms with Crippen molar-refractivity contribution in [3.8, 4) is 5.75 Å². The fourth-order valence-corrected chi connectivity index (χ4v) is 5.55. The second-order valence-corrected chi connectivity index (χ2v) is 8.72. The van der Waals surface area contributed by atoms with Crippen molar-refractivity contribution >= 4 is 15.7 Å². The van der Waals surface area contributed by atoms with Crippen molar-refractivity contribution in [2.45, 2.75) is 56.0 Å². The summed E-state index contributed by atoms with van der Waals surface area (Å²) < 4.78 is 33.5. The quantitative estimate of drug-likeness (QED) is 0.833. The molecule has 1 saturated carbocycles. The van der Waals surface area contributed by atoms with E-state index in [1.54, 1.807) is 10.4 Å². The molecule has 0 spiro atoms. The van der Waals surface area contributed by atoms with Crippen LogP contribution in [-0.2, 0) is 10.0 Å². The van der Waals surface area contributed by atoms with E-state index >= 15 is 0 Å². The minimum absolute atomic E-state index is 0.198. The van der Waals surface area contributed by atoms with Gasteiger partial charge in [0.05, 0.1) is 6.61 Å². The first-order chi connectivity index (χ1) is 11.1. The fourth-order valence-electron chi connectivity index (χ4n) is 3.71. The monoisotopic (exact) mass is 336 g/mol. The van der Waals surface area contributed by atoms with E-state index in [1.165, 1.54) is 12.8 Å². The van der Waals surface area contributed by atoms with Crippen LogP contribution in [0.2, 0.25) is 0 Å². The van der Waals surface area contributed by atoms with Crippen LogP contribution in [0, 0.1) is 0 Å². The highest BCUT2D eigenvalue weighted by atomic mass is 32.2. The second-order valence-electron chi connectivity index (χ2n) is 6.86. The van der Waals surface area contributed by atoms with Crippen LogP contribution < -0.4 is 9.64 Å². The van der Waals surface area contributed by atoms with Gasteiger partial charge in [-0.15, -0.1) is 0 Å². The van der Waals surface area contributed by atoms with Crippen molar-refractivity contribution in [3.05, 3.63) is 18.2 Å². The molecule has 1 aliphatic carbocycles. The predicted molar refractivity (Wildman–Crippen MR) is 89.5 cm³/mol. The molecule has 0 bridgehead atoms. The Bertz CT molecular complexity index is 700. The van der Waals surface area contributed by atoms with Crippen molar-refractivity contribution < 1.29 is 13.2 Å². The Balaban J connectivity index is 1.73. The number of hydrogen-bond acceptors (Lipinski definition) is 4. The average Bonchev–Trinajstić information content (AvgIpc) is 3.25. The summed E-state index contributed by atoms with van der Waals surface area (Å²) in [6.45, 7) is 4.39. The molecule has 6 heteroatoms. The van der Waals surface area contributed by atoms with E-state index in [0.29, 0.717) is 29.8 Å². The third kappa shape index (κ3) is 2.72. The Morgan fingerprint density at radius 1 is 1.13 bits per heavy atom. The van der Waals surface area contributed by atoms with E-state index < -0.39 is 10.0 Å². The highest BCUT2D eigenvalue weighted by Gasteiger charge is 2.40. The lowest BCUT2D eigenvalue weighted by Crippen LogP contribution is -2.36. The molecule has 2 fully saturated rings. The molecule has 3 aliphatic rings. The van der Waals surface area contributed by atoms with Crippen molar-refractivity contribution in [1.29, 1.82) is 0 Å². The Morgan fingerprint density at radius 3 is 2.65 bits per heavy atom. The van der Waals surface area contributed by atoms with Gasteiger partial charge in [0.15, 0.2) is 0 Å². The molecule has 0 N–H and O–H groups in total. The molecule has 126 valence electrons. The molecular weight excluding hydrogens is 312 g/mol. The number of sulfonamides is 1. The number of anilines is 1. The SMILES string of the molecule is C[C@H]1CCCN1c1ccc2c(c1)OCCCN(C1CC1)S2(=O)=O. The van der Waals surface area contributed by atoms with E-state index in [9.17, 15) is 8.42 Å². The summed E-state index contributed by atoms with van der Waals surface area (Å²) >= 11 is 0. The molecule has 0 unspecified atom stereocenters. The fraction of sp³-hybridized carbons (Fsp3) is 0.647. The van der Waals surface area contributed by atoms with Crippen LogP contribution in [0.25, 0.3) is 0 Å². The number of benzene rings is 1. The molecule has 23 heavy (non-hydrogen) atoms. The van der Waals surface area contributed by atoms with Gasteiger partial charge in [-0.2, -0.15) is 4.31 Å². The molecule has 1 aromatic carbocycles. The van der Waals surface area contributed by atoms with Crippen LogP contribution in [0.5, 0.6) is 5.75 Å². The van der Waals surface area contributed by atoms with Gasteiger partial charge in [-0.25, -0.2) is 8.42 Å². The van der Waals surface area contributed by atoms with E-state index in [-0.39, 0.29) is 6.04 Å². The first-order valence-electron chi connectivity index (χ1n) is 8.63.